The zero-order valence-electron chi connectivity index (χ0n) is 19.6. The lowest BCUT2D eigenvalue weighted by molar-refractivity contribution is -0.137. The van der Waals surface area contributed by atoms with Gasteiger partial charge in [-0.3, -0.25) is 9.59 Å². The van der Waals surface area contributed by atoms with E-state index in [4.69, 9.17) is 11.6 Å². The largest absolute Gasteiger partial charge is 0.416 e. The number of nitrogens with zero attached hydrogens (tertiary/aromatic N) is 1. The maximum absolute atomic E-state index is 13.4. The van der Waals surface area contributed by atoms with Gasteiger partial charge in [0, 0.05) is 40.3 Å². The van der Waals surface area contributed by atoms with Gasteiger partial charge in [-0.2, -0.15) is 13.2 Å². The third-order valence-electron chi connectivity index (χ3n) is 6.58. The van der Waals surface area contributed by atoms with Crippen LogP contribution in [0.5, 0.6) is 0 Å². The molecule has 1 aliphatic heterocycles. The van der Waals surface area contributed by atoms with E-state index in [1.807, 2.05) is 35.2 Å². The van der Waals surface area contributed by atoms with Crippen LogP contribution in [0.1, 0.15) is 18.4 Å². The van der Waals surface area contributed by atoms with Crippen molar-refractivity contribution in [2.75, 3.05) is 23.3 Å². The lowest BCUT2D eigenvalue weighted by atomic mass is 9.93. The van der Waals surface area contributed by atoms with Gasteiger partial charge in [-0.25, -0.2) is 0 Å². The number of rotatable bonds is 4. The molecule has 0 radical (unpaired) electrons. The van der Waals surface area contributed by atoms with Crippen LogP contribution < -0.4 is 15.8 Å². The molecule has 1 saturated heterocycles. The number of hydrogen-bond donors (Lipinski definition) is 2. The van der Waals surface area contributed by atoms with E-state index in [0.29, 0.717) is 35.6 Å². The van der Waals surface area contributed by atoms with Crippen molar-refractivity contribution in [2.45, 2.75) is 19.0 Å². The number of carbonyl (C=O) groups excluding carboxylic acids is 1. The highest BCUT2D eigenvalue weighted by Gasteiger charge is 2.32. The number of piperidine rings is 1. The van der Waals surface area contributed by atoms with Crippen molar-refractivity contribution in [3.63, 3.8) is 0 Å². The predicted molar refractivity (Wildman–Crippen MR) is 140 cm³/mol. The van der Waals surface area contributed by atoms with Gasteiger partial charge in [-0.15, -0.1) is 0 Å². The number of fused-ring (bicyclic) bond motifs is 1. The Balaban J connectivity index is 1.49. The smallest absolute Gasteiger partial charge is 0.366 e. The van der Waals surface area contributed by atoms with Crippen molar-refractivity contribution in [2.24, 2.45) is 5.92 Å². The second kappa shape index (κ2) is 9.94. The summed E-state index contributed by atoms with van der Waals surface area (Å²) in [6.45, 7) is 0.808. The Hall–Kier alpha value is -3.78. The Bertz CT molecular complexity index is 1520. The summed E-state index contributed by atoms with van der Waals surface area (Å²) in [4.78, 5) is 31.3. The Morgan fingerprint density at radius 3 is 2.57 bits per heavy atom. The second-order valence-electron chi connectivity index (χ2n) is 9.09. The molecule has 1 aromatic heterocycles. The van der Waals surface area contributed by atoms with E-state index in [-0.39, 0.29) is 23.7 Å². The fraction of sp³-hybridized carbons (Fsp3) is 0.214. The molecule has 190 valence electrons. The van der Waals surface area contributed by atoms with E-state index < -0.39 is 17.7 Å². The average Bonchev–Trinajstić information content (AvgIpc) is 2.88. The summed E-state index contributed by atoms with van der Waals surface area (Å²) >= 11 is 6.31. The van der Waals surface area contributed by atoms with Crippen molar-refractivity contribution in [1.82, 2.24) is 4.98 Å². The predicted octanol–water partition coefficient (Wildman–Crippen LogP) is 6.72. The summed E-state index contributed by atoms with van der Waals surface area (Å²) in [5, 5.41) is 3.93. The zero-order valence-corrected chi connectivity index (χ0v) is 20.4. The molecule has 0 bridgehead atoms. The highest BCUT2D eigenvalue weighted by molar-refractivity contribution is 6.31. The number of aromatic nitrogens is 1. The molecular weight excluding hydrogens is 503 g/mol. The minimum Gasteiger partial charge on any atom is -0.366 e. The molecule has 1 aliphatic rings. The number of benzene rings is 3. The first-order chi connectivity index (χ1) is 17.7. The Labute approximate surface area is 215 Å². The number of anilines is 2. The van der Waals surface area contributed by atoms with Gasteiger partial charge < -0.3 is 15.2 Å². The summed E-state index contributed by atoms with van der Waals surface area (Å²) in [6, 6.07) is 19.3. The molecule has 0 unspecified atom stereocenters. The zero-order chi connectivity index (χ0) is 26.2. The highest BCUT2D eigenvalue weighted by atomic mass is 35.5. The lowest BCUT2D eigenvalue weighted by Gasteiger charge is -2.34. The summed E-state index contributed by atoms with van der Waals surface area (Å²) in [7, 11) is 0. The van der Waals surface area contributed by atoms with Crippen LogP contribution in [-0.2, 0) is 11.0 Å². The first-order valence-corrected chi connectivity index (χ1v) is 12.2. The molecule has 4 aromatic rings. The number of amides is 1. The molecule has 1 fully saturated rings. The Kier molecular flexibility index (Phi) is 6.69. The molecule has 5 rings (SSSR count). The fourth-order valence-electron chi connectivity index (χ4n) is 4.87. The van der Waals surface area contributed by atoms with Crippen molar-refractivity contribution >= 4 is 39.8 Å². The Morgan fingerprint density at radius 2 is 1.81 bits per heavy atom. The SMILES string of the molecule is O=C(Nc1cccc(C(F)(F)F)c1)[C@@H]1CCCN(c2c(-c3ccccc3)c3cc(Cl)ccc3[nH]c2=O)C1. The van der Waals surface area contributed by atoms with Crippen LogP contribution in [0.2, 0.25) is 5.02 Å². The van der Waals surface area contributed by atoms with Crippen molar-refractivity contribution in [3.05, 3.63) is 93.7 Å². The van der Waals surface area contributed by atoms with E-state index in [0.717, 1.165) is 28.6 Å². The van der Waals surface area contributed by atoms with Gasteiger partial charge in [0.05, 0.1) is 11.5 Å². The molecule has 0 aliphatic carbocycles. The summed E-state index contributed by atoms with van der Waals surface area (Å²) < 4.78 is 39.3. The van der Waals surface area contributed by atoms with Gasteiger partial charge in [0.25, 0.3) is 5.56 Å². The molecule has 0 saturated carbocycles. The molecule has 5 nitrogen and oxygen atoms in total. The lowest BCUT2D eigenvalue weighted by Crippen LogP contribution is -2.43. The van der Waals surface area contributed by atoms with E-state index in [1.54, 1.807) is 18.2 Å². The van der Waals surface area contributed by atoms with Crippen LogP contribution in [0.3, 0.4) is 0 Å². The van der Waals surface area contributed by atoms with E-state index in [2.05, 4.69) is 10.3 Å². The van der Waals surface area contributed by atoms with E-state index in [9.17, 15) is 22.8 Å². The van der Waals surface area contributed by atoms with Crippen LogP contribution >= 0.6 is 11.6 Å². The van der Waals surface area contributed by atoms with Crippen molar-refractivity contribution in [3.8, 4) is 11.1 Å². The van der Waals surface area contributed by atoms with E-state index >= 15 is 0 Å². The standard InChI is InChI=1S/C28H23ClF3N3O2/c29-20-11-12-23-22(15-20)24(17-6-2-1-3-7-17)25(27(37)34-23)35-13-5-8-18(16-35)26(36)33-21-10-4-9-19(14-21)28(30,31)32/h1-4,6-7,9-12,14-15,18H,5,8,13,16H2,(H,33,36)(H,34,37)/t18-/m1/s1. The monoisotopic (exact) mass is 525 g/mol. The van der Waals surface area contributed by atoms with Crippen LogP contribution in [-0.4, -0.2) is 24.0 Å². The molecule has 1 atom stereocenters. The Morgan fingerprint density at radius 1 is 1.03 bits per heavy atom. The first kappa shape index (κ1) is 24.9. The third-order valence-corrected chi connectivity index (χ3v) is 6.81. The average molecular weight is 526 g/mol. The number of H-pyrrole nitrogens is 1. The van der Waals surface area contributed by atoms with Crippen LogP contribution in [0.4, 0.5) is 24.5 Å². The van der Waals surface area contributed by atoms with E-state index in [1.165, 1.54) is 12.1 Å². The molecular formula is C28H23ClF3N3O2. The molecule has 37 heavy (non-hydrogen) atoms. The summed E-state index contributed by atoms with van der Waals surface area (Å²) in [6.07, 6.45) is -3.31. The third kappa shape index (κ3) is 5.20. The molecule has 3 aromatic carbocycles. The minimum atomic E-state index is -4.50. The number of nitrogens with one attached hydrogen (secondary N) is 2. The van der Waals surface area contributed by atoms with Gasteiger partial charge in [-0.05, 0) is 54.8 Å². The highest BCUT2D eigenvalue weighted by Crippen LogP contribution is 2.37. The first-order valence-electron chi connectivity index (χ1n) is 11.8. The van der Waals surface area contributed by atoms with Gasteiger partial charge in [0.1, 0.15) is 5.69 Å². The number of hydrogen-bond acceptors (Lipinski definition) is 3. The summed E-state index contributed by atoms with van der Waals surface area (Å²) in [5.74, 6) is -0.896. The topological polar surface area (TPSA) is 65.2 Å². The van der Waals surface area contributed by atoms with Crippen LogP contribution in [0.25, 0.3) is 22.0 Å². The number of pyridine rings is 1. The quantitative estimate of drug-likeness (QED) is 0.311. The molecule has 2 heterocycles. The second-order valence-corrected chi connectivity index (χ2v) is 9.52. The van der Waals surface area contributed by atoms with Crippen molar-refractivity contribution in [1.29, 1.82) is 0 Å². The summed E-state index contributed by atoms with van der Waals surface area (Å²) in [5.41, 5.74) is 1.62. The molecule has 9 heteroatoms. The number of aromatic amines is 1. The molecule has 2 N–H and O–H groups in total. The van der Waals surface area contributed by atoms with Crippen molar-refractivity contribution < 1.29 is 18.0 Å². The number of alkyl halides is 3. The number of carbonyl (C=O) groups is 1. The van der Waals surface area contributed by atoms with Gasteiger partial charge >= 0.3 is 6.18 Å². The minimum absolute atomic E-state index is 0.0834. The molecule has 0 spiro atoms. The van der Waals surface area contributed by atoms with Gasteiger partial charge in [0.2, 0.25) is 5.91 Å². The van der Waals surface area contributed by atoms with Crippen LogP contribution in [0.15, 0.2) is 77.6 Å². The maximum Gasteiger partial charge on any atom is 0.416 e. The fourth-order valence-corrected chi connectivity index (χ4v) is 5.04. The van der Waals surface area contributed by atoms with Crippen LogP contribution in [0, 0.1) is 5.92 Å². The van der Waals surface area contributed by atoms with Gasteiger partial charge in [-0.1, -0.05) is 48.0 Å². The molecule has 1 amide bonds. The maximum atomic E-state index is 13.4. The number of halogens is 4. The normalized spacial score (nSPS) is 16.1. The van der Waals surface area contributed by atoms with Gasteiger partial charge in [0.15, 0.2) is 0 Å².